The van der Waals surface area contributed by atoms with Crippen LogP contribution in [0.1, 0.15) is 17.2 Å². The van der Waals surface area contributed by atoms with Gasteiger partial charge in [-0.15, -0.1) is 0 Å². The monoisotopic (exact) mass is 334 g/mol. The first kappa shape index (κ1) is 17.0. The molecule has 1 N–H and O–H groups in total. The fraction of sp³-hybridized carbons (Fsp3) is 0.250. The molecule has 0 aromatic heterocycles. The normalized spacial score (nSPS) is 12.6. The van der Waals surface area contributed by atoms with E-state index in [9.17, 15) is 18.5 Å². The van der Waals surface area contributed by atoms with Crippen molar-refractivity contribution in [1.29, 1.82) is 0 Å². The van der Waals surface area contributed by atoms with Crippen LogP contribution in [-0.2, 0) is 9.84 Å². The van der Waals surface area contributed by atoms with Gasteiger partial charge in [0.1, 0.15) is 15.5 Å². The van der Waals surface area contributed by atoms with E-state index in [1.165, 1.54) is 6.07 Å². The molecule has 0 spiro atoms. The van der Waals surface area contributed by atoms with Gasteiger partial charge in [-0.25, -0.2) is 8.42 Å². The summed E-state index contributed by atoms with van der Waals surface area (Å²) in [5.74, 6) is -0.151. The van der Waals surface area contributed by atoms with Crippen LogP contribution in [0.5, 0.6) is 0 Å². The standard InChI is InChI=1S/C16H18N2O4S/c1-12-8-9-16(18(19)20)14(10-12)17-15(11-23(2,21)22)13-6-4-3-5-7-13/h3-10,15,17H,11H2,1-2H3. The largest absolute Gasteiger partial charge is 0.372 e. The van der Waals surface area contributed by atoms with Crippen molar-refractivity contribution in [3.05, 3.63) is 69.8 Å². The maximum atomic E-state index is 11.7. The highest BCUT2D eigenvalue weighted by Gasteiger charge is 2.21. The van der Waals surface area contributed by atoms with Gasteiger partial charge in [0.15, 0.2) is 0 Å². The summed E-state index contributed by atoms with van der Waals surface area (Å²) in [6.45, 7) is 1.82. The second-order valence-electron chi connectivity index (χ2n) is 5.48. The molecule has 122 valence electrons. The van der Waals surface area contributed by atoms with Gasteiger partial charge in [-0.2, -0.15) is 0 Å². The van der Waals surface area contributed by atoms with Crippen LogP contribution in [0.2, 0.25) is 0 Å². The molecule has 0 fully saturated rings. The summed E-state index contributed by atoms with van der Waals surface area (Å²) in [6, 6.07) is 13.2. The summed E-state index contributed by atoms with van der Waals surface area (Å²) in [6.07, 6.45) is 1.15. The minimum atomic E-state index is -3.27. The smallest absolute Gasteiger partial charge is 0.292 e. The zero-order valence-electron chi connectivity index (χ0n) is 12.9. The Kier molecular flexibility index (Phi) is 5.00. The van der Waals surface area contributed by atoms with Crippen molar-refractivity contribution >= 4 is 21.2 Å². The summed E-state index contributed by atoms with van der Waals surface area (Å²) in [5, 5.41) is 14.2. The number of nitro groups is 1. The van der Waals surface area contributed by atoms with Gasteiger partial charge in [-0.1, -0.05) is 36.4 Å². The number of aryl methyl sites for hydroxylation is 1. The number of anilines is 1. The third-order valence-electron chi connectivity index (χ3n) is 3.35. The molecule has 1 atom stereocenters. The Balaban J connectivity index is 2.42. The molecule has 0 aliphatic rings. The predicted molar refractivity (Wildman–Crippen MR) is 90.3 cm³/mol. The number of sulfone groups is 1. The quantitative estimate of drug-likeness (QED) is 0.647. The van der Waals surface area contributed by atoms with Crippen molar-refractivity contribution in [2.24, 2.45) is 0 Å². The van der Waals surface area contributed by atoms with Crippen LogP contribution >= 0.6 is 0 Å². The summed E-state index contributed by atoms with van der Waals surface area (Å²) < 4.78 is 23.4. The van der Waals surface area contributed by atoms with Crippen molar-refractivity contribution < 1.29 is 13.3 Å². The van der Waals surface area contributed by atoms with Crippen LogP contribution in [0.15, 0.2) is 48.5 Å². The molecule has 2 aromatic rings. The van der Waals surface area contributed by atoms with Gasteiger partial charge in [0.05, 0.1) is 16.7 Å². The molecule has 0 aliphatic carbocycles. The molecular formula is C16H18N2O4S. The summed E-state index contributed by atoms with van der Waals surface area (Å²) in [4.78, 5) is 10.7. The van der Waals surface area contributed by atoms with Crippen LogP contribution in [-0.4, -0.2) is 25.3 Å². The lowest BCUT2D eigenvalue weighted by Crippen LogP contribution is -2.21. The molecule has 0 amide bonds. The summed E-state index contributed by atoms with van der Waals surface area (Å²) >= 11 is 0. The highest BCUT2D eigenvalue weighted by Crippen LogP contribution is 2.29. The van der Waals surface area contributed by atoms with E-state index in [4.69, 9.17) is 0 Å². The summed E-state index contributed by atoms with van der Waals surface area (Å²) in [7, 11) is -3.27. The van der Waals surface area contributed by atoms with Gasteiger partial charge in [-0.05, 0) is 24.1 Å². The third kappa shape index (κ3) is 4.79. The first-order chi connectivity index (χ1) is 10.8. The second kappa shape index (κ2) is 6.78. The van der Waals surface area contributed by atoms with Gasteiger partial charge in [0.25, 0.3) is 5.69 Å². The molecule has 0 heterocycles. The van der Waals surface area contributed by atoms with Crippen molar-refractivity contribution in [2.75, 3.05) is 17.3 Å². The number of benzene rings is 2. The Bertz CT molecular complexity index is 804. The number of nitrogens with zero attached hydrogens (tertiary/aromatic N) is 1. The average molecular weight is 334 g/mol. The van der Waals surface area contributed by atoms with Crippen LogP contribution in [0.25, 0.3) is 0 Å². The molecule has 2 rings (SSSR count). The maximum Gasteiger partial charge on any atom is 0.292 e. The van der Waals surface area contributed by atoms with E-state index in [1.54, 1.807) is 36.4 Å². The Morgan fingerprint density at radius 1 is 1.17 bits per heavy atom. The topological polar surface area (TPSA) is 89.3 Å². The lowest BCUT2D eigenvalue weighted by atomic mass is 10.1. The Morgan fingerprint density at radius 2 is 1.83 bits per heavy atom. The van der Waals surface area contributed by atoms with Gasteiger partial charge >= 0.3 is 0 Å². The van der Waals surface area contributed by atoms with Crippen LogP contribution in [0, 0.1) is 17.0 Å². The molecule has 7 heteroatoms. The molecule has 0 aliphatic heterocycles. The molecule has 0 saturated carbocycles. The predicted octanol–water partition coefficient (Wildman–Crippen LogP) is 3.10. The molecule has 23 heavy (non-hydrogen) atoms. The maximum absolute atomic E-state index is 11.7. The SMILES string of the molecule is Cc1ccc([N+](=O)[O-])c(NC(CS(C)(=O)=O)c2ccccc2)c1. The highest BCUT2D eigenvalue weighted by molar-refractivity contribution is 7.90. The average Bonchev–Trinajstić information content (AvgIpc) is 2.46. The van der Waals surface area contributed by atoms with Gasteiger partial charge in [0.2, 0.25) is 0 Å². The van der Waals surface area contributed by atoms with E-state index in [0.29, 0.717) is 5.69 Å². The lowest BCUT2D eigenvalue weighted by Gasteiger charge is -2.20. The van der Waals surface area contributed by atoms with Gasteiger partial charge in [0, 0.05) is 12.3 Å². The third-order valence-corrected chi connectivity index (χ3v) is 4.29. The van der Waals surface area contributed by atoms with E-state index in [1.807, 2.05) is 13.0 Å². The van der Waals surface area contributed by atoms with Crippen molar-refractivity contribution in [2.45, 2.75) is 13.0 Å². The van der Waals surface area contributed by atoms with Gasteiger partial charge in [-0.3, -0.25) is 10.1 Å². The molecule has 0 radical (unpaired) electrons. The molecule has 0 saturated heterocycles. The van der Waals surface area contributed by atoms with E-state index in [-0.39, 0.29) is 11.4 Å². The molecular weight excluding hydrogens is 316 g/mol. The highest BCUT2D eigenvalue weighted by atomic mass is 32.2. The Labute approximate surface area is 135 Å². The second-order valence-corrected chi connectivity index (χ2v) is 7.66. The minimum Gasteiger partial charge on any atom is -0.372 e. The zero-order valence-corrected chi connectivity index (χ0v) is 13.7. The van der Waals surface area contributed by atoms with Crippen LogP contribution < -0.4 is 5.32 Å². The molecule has 1 unspecified atom stereocenters. The number of hydrogen-bond donors (Lipinski definition) is 1. The molecule has 6 nitrogen and oxygen atoms in total. The fourth-order valence-corrected chi connectivity index (χ4v) is 3.20. The summed E-state index contributed by atoms with van der Waals surface area (Å²) in [5.41, 5.74) is 1.84. The zero-order chi connectivity index (χ0) is 17.0. The van der Waals surface area contributed by atoms with Crippen molar-refractivity contribution in [3.8, 4) is 0 Å². The van der Waals surface area contributed by atoms with E-state index >= 15 is 0 Å². The molecule has 0 bridgehead atoms. The number of nitro benzene ring substituents is 1. The lowest BCUT2D eigenvalue weighted by molar-refractivity contribution is -0.384. The van der Waals surface area contributed by atoms with E-state index < -0.39 is 20.8 Å². The first-order valence-corrected chi connectivity index (χ1v) is 9.06. The fourth-order valence-electron chi connectivity index (χ4n) is 2.32. The Morgan fingerprint density at radius 3 is 2.39 bits per heavy atom. The number of hydrogen-bond acceptors (Lipinski definition) is 5. The number of rotatable bonds is 6. The van der Waals surface area contributed by atoms with Crippen LogP contribution in [0.4, 0.5) is 11.4 Å². The van der Waals surface area contributed by atoms with E-state index in [0.717, 1.165) is 17.4 Å². The van der Waals surface area contributed by atoms with Gasteiger partial charge < -0.3 is 5.32 Å². The first-order valence-electron chi connectivity index (χ1n) is 7.00. The minimum absolute atomic E-state index is 0.0787. The van der Waals surface area contributed by atoms with E-state index in [2.05, 4.69) is 5.32 Å². The molecule has 2 aromatic carbocycles. The van der Waals surface area contributed by atoms with Crippen molar-refractivity contribution in [3.63, 3.8) is 0 Å². The Hall–Kier alpha value is -2.41. The number of nitrogens with one attached hydrogen (secondary N) is 1. The van der Waals surface area contributed by atoms with Crippen molar-refractivity contribution in [1.82, 2.24) is 0 Å². The van der Waals surface area contributed by atoms with Crippen LogP contribution in [0.3, 0.4) is 0 Å².